The monoisotopic (exact) mass is 276 g/mol. The molecule has 0 bridgehead atoms. The van der Waals surface area contributed by atoms with Gasteiger partial charge in [0, 0.05) is 12.5 Å². The molecule has 2 heterocycles. The highest BCUT2D eigenvalue weighted by Gasteiger charge is 2.23. The molecule has 0 amide bonds. The Labute approximate surface area is 116 Å². The van der Waals surface area contributed by atoms with Gasteiger partial charge in [0.05, 0.1) is 13.7 Å². The number of hydrogen-bond donors (Lipinski definition) is 0. The van der Waals surface area contributed by atoms with Crippen molar-refractivity contribution in [3.05, 3.63) is 36.0 Å². The molecule has 0 saturated carbocycles. The lowest BCUT2D eigenvalue weighted by molar-refractivity contribution is 0.192. The number of aromatic nitrogens is 2. The topological polar surface area (TPSA) is 66.6 Å². The van der Waals surface area contributed by atoms with E-state index in [0.29, 0.717) is 29.8 Å². The zero-order valence-corrected chi connectivity index (χ0v) is 11.2. The SMILES string of the molecule is COc1ccccc1OCc1nc(C2CCOC2)no1. The first-order chi connectivity index (χ1) is 9.86. The van der Waals surface area contributed by atoms with Gasteiger partial charge < -0.3 is 18.7 Å². The third-order valence-electron chi connectivity index (χ3n) is 3.20. The Hall–Kier alpha value is -2.08. The highest BCUT2D eigenvalue weighted by Crippen LogP contribution is 2.27. The van der Waals surface area contributed by atoms with Crippen molar-refractivity contribution >= 4 is 0 Å². The summed E-state index contributed by atoms with van der Waals surface area (Å²) in [5.41, 5.74) is 0. The van der Waals surface area contributed by atoms with Gasteiger partial charge in [-0.15, -0.1) is 0 Å². The summed E-state index contributed by atoms with van der Waals surface area (Å²) >= 11 is 0. The van der Waals surface area contributed by atoms with E-state index in [0.717, 1.165) is 13.0 Å². The smallest absolute Gasteiger partial charge is 0.264 e. The van der Waals surface area contributed by atoms with Crippen LogP contribution in [0.15, 0.2) is 28.8 Å². The Morgan fingerprint density at radius 2 is 2.15 bits per heavy atom. The third-order valence-corrected chi connectivity index (χ3v) is 3.20. The quantitative estimate of drug-likeness (QED) is 0.833. The van der Waals surface area contributed by atoms with Gasteiger partial charge >= 0.3 is 0 Å². The molecule has 1 aliphatic heterocycles. The Kier molecular flexibility index (Phi) is 3.83. The average molecular weight is 276 g/mol. The summed E-state index contributed by atoms with van der Waals surface area (Å²) in [7, 11) is 1.60. The highest BCUT2D eigenvalue weighted by atomic mass is 16.5. The van der Waals surface area contributed by atoms with E-state index in [2.05, 4.69) is 10.1 Å². The summed E-state index contributed by atoms with van der Waals surface area (Å²) in [6, 6.07) is 7.44. The van der Waals surface area contributed by atoms with Crippen LogP contribution in [0.4, 0.5) is 0 Å². The van der Waals surface area contributed by atoms with Gasteiger partial charge in [-0.25, -0.2) is 0 Å². The molecule has 1 saturated heterocycles. The van der Waals surface area contributed by atoms with E-state index in [4.69, 9.17) is 18.7 Å². The minimum Gasteiger partial charge on any atom is -0.493 e. The van der Waals surface area contributed by atoms with Crippen molar-refractivity contribution in [1.29, 1.82) is 0 Å². The molecule has 6 nitrogen and oxygen atoms in total. The van der Waals surface area contributed by atoms with Crippen LogP contribution in [-0.2, 0) is 11.3 Å². The molecule has 2 aromatic rings. The molecule has 3 rings (SSSR count). The van der Waals surface area contributed by atoms with E-state index in [9.17, 15) is 0 Å². The van der Waals surface area contributed by atoms with E-state index < -0.39 is 0 Å². The molecule has 0 N–H and O–H groups in total. The fourth-order valence-electron chi connectivity index (χ4n) is 2.11. The molecular formula is C14H16N2O4. The Balaban J connectivity index is 1.63. The second-order valence-corrected chi connectivity index (χ2v) is 4.55. The minimum atomic E-state index is 0.223. The van der Waals surface area contributed by atoms with Crippen molar-refractivity contribution in [2.75, 3.05) is 20.3 Å². The first-order valence-corrected chi connectivity index (χ1v) is 6.53. The standard InChI is InChI=1S/C14H16N2O4/c1-17-11-4-2-3-5-12(11)19-9-13-15-14(16-20-13)10-6-7-18-8-10/h2-5,10H,6-9H2,1H3. The van der Waals surface area contributed by atoms with Gasteiger partial charge in [-0.05, 0) is 18.6 Å². The first-order valence-electron chi connectivity index (χ1n) is 6.53. The van der Waals surface area contributed by atoms with E-state index in [-0.39, 0.29) is 12.5 Å². The fourth-order valence-corrected chi connectivity index (χ4v) is 2.11. The average Bonchev–Trinajstić information content (AvgIpc) is 3.16. The van der Waals surface area contributed by atoms with E-state index in [1.54, 1.807) is 7.11 Å². The van der Waals surface area contributed by atoms with Crippen molar-refractivity contribution in [2.45, 2.75) is 18.9 Å². The lowest BCUT2D eigenvalue weighted by atomic mass is 10.1. The van der Waals surface area contributed by atoms with E-state index >= 15 is 0 Å². The summed E-state index contributed by atoms with van der Waals surface area (Å²) < 4.78 is 21.4. The second-order valence-electron chi connectivity index (χ2n) is 4.55. The molecule has 1 aromatic carbocycles. The van der Waals surface area contributed by atoms with Crippen molar-refractivity contribution in [3.8, 4) is 11.5 Å². The van der Waals surface area contributed by atoms with Crippen LogP contribution in [0, 0.1) is 0 Å². The third kappa shape index (κ3) is 2.75. The maximum Gasteiger partial charge on any atom is 0.264 e. The van der Waals surface area contributed by atoms with Gasteiger partial charge in [-0.1, -0.05) is 17.3 Å². The number of ether oxygens (including phenoxy) is 3. The minimum absolute atomic E-state index is 0.223. The van der Waals surface area contributed by atoms with Gasteiger partial charge in [0.25, 0.3) is 5.89 Å². The predicted molar refractivity (Wildman–Crippen MR) is 69.8 cm³/mol. The maximum absolute atomic E-state index is 5.64. The van der Waals surface area contributed by atoms with E-state index in [1.807, 2.05) is 24.3 Å². The molecule has 1 fully saturated rings. The van der Waals surface area contributed by atoms with Crippen LogP contribution in [-0.4, -0.2) is 30.5 Å². The number of nitrogens with zero attached hydrogens (tertiary/aromatic N) is 2. The molecule has 20 heavy (non-hydrogen) atoms. The molecular weight excluding hydrogens is 260 g/mol. The van der Waals surface area contributed by atoms with Crippen molar-refractivity contribution in [3.63, 3.8) is 0 Å². The fraction of sp³-hybridized carbons (Fsp3) is 0.429. The lowest BCUT2D eigenvalue weighted by Gasteiger charge is -2.07. The van der Waals surface area contributed by atoms with Gasteiger partial charge in [0.2, 0.25) is 0 Å². The van der Waals surface area contributed by atoms with Gasteiger partial charge in [0.15, 0.2) is 23.9 Å². The van der Waals surface area contributed by atoms with E-state index in [1.165, 1.54) is 0 Å². The lowest BCUT2D eigenvalue weighted by Crippen LogP contribution is -2.01. The first kappa shape index (κ1) is 12.9. The zero-order valence-electron chi connectivity index (χ0n) is 11.2. The molecule has 0 radical (unpaired) electrons. The van der Waals surface area contributed by atoms with Gasteiger partial charge in [0.1, 0.15) is 0 Å². The molecule has 0 aliphatic carbocycles. The summed E-state index contributed by atoms with van der Waals surface area (Å²) in [6.45, 7) is 1.64. The van der Waals surface area contributed by atoms with Crippen molar-refractivity contribution < 1.29 is 18.7 Å². The predicted octanol–water partition coefficient (Wildman–Crippen LogP) is 2.16. The van der Waals surface area contributed by atoms with Gasteiger partial charge in [-0.2, -0.15) is 4.98 Å². The molecule has 1 aliphatic rings. The number of benzene rings is 1. The Bertz CT molecular complexity index is 564. The number of rotatable bonds is 5. The molecule has 0 spiro atoms. The summed E-state index contributed by atoms with van der Waals surface area (Å²) in [5.74, 6) is 2.72. The molecule has 6 heteroatoms. The molecule has 1 atom stereocenters. The number of methoxy groups -OCH3 is 1. The van der Waals surface area contributed by atoms with Crippen molar-refractivity contribution in [2.24, 2.45) is 0 Å². The largest absolute Gasteiger partial charge is 0.493 e. The maximum atomic E-state index is 5.64. The number of hydrogen-bond acceptors (Lipinski definition) is 6. The zero-order chi connectivity index (χ0) is 13.8. The van der Waals surface area contributed by atoms with Crippen LogP contribution in [0.2, 0.25) is 0 Å². The summed E-state index contributed by atoms with van der Waals surface area (Å²) in [4.78, 5) is 4.34. The van der Waals surface area contributed by atoms with Crippen LogP contribution in [0.5, 0.6) is 11.5 Å². The van der Waals surface area contributed by atoms with Gasteiger partial charge in [-0.3, -0.25) is 0 Å². The molecule has 106 valence electrons. The molecule has 1 unspecified atom stereocenters. The Morgan fingerprint density at radius 3 is 2.90 bits per heavy atom. The normalized spacial score (nSPS) is 18.1. The van der Waals surface area contributed by atoms with Crippen LogP contribution >= 0.6 is 0 Å². The molecule has 1 aromatic heterocycles. The highest BCUT2D eigenvalue weighted by molar-refractivity contribution is 5.39. The van der Waals surface area contributed by atoms with Crippen LogP contribution in [0.1, 0.15) is 24.1 Å². The van der Waals surface area contributed by atoms with Crippen LogP contribution in [0.25, 0.3) is 0 Å². The van der Waals surface area contributed by atoms with Crippen LogP contribution < -0.4 is 9.47 Å². The second kappa shape index (κ2) is 5.92. The summed E-state index contributed by atoms with van der Waals surface area (Å²) in [5, 5.41) is 3.98. The summed E-state index contributed by atoms with van der Waals surface area (Å²) in [6.07, 6.45) is 0.937. The number of para-hydroxylation sites is 2. The Morgan fingerprint density at radius 1 is 1.30 bits per heavy atom. The van der Waals surface area contributed by atoms with Crippen molar-refractivity contribution in [1.82, 2.24) is 10.1 Å². The van der Waals surface area contributed by atoms with Crippen LogP contribution in [0.3, 0.4) is 0 Å².